The lowest BCUT2D eigenvalue weighted by Crippen LogP contribution is -2.19. The number of hydrogen-bond donors (Lipinski definition) is 0. The summed E-state index contributed by atoms with van der Waals surface area (Å²) < 4.78 is 12.5. The summed E-state index contributed by atoms with van der Waals surface area (Å²) in [7, 11) is 0. The minimum Gasteiger partial charge on any atom is -0.454 e. The maximum Gasteiger partial charge on any atom is 0.260 e. The summed E-state index contributed by atoms with van der Waals surface area (Å²) >= 11 is 0. The zero-order chi connectivity index (χ0) is 16.0. The molecule has 3 heterocycles. The van der Waals surface area contributed by atoms with Gasteiger partial charge in [-0.15, -0.1) is 0 Å². The van der Waals surface area contributed by atoms with E-state index in [-0.39, 0.29) is 12.4 Å². The number of nitrogens with zero attached hydrogens (tertiary/aromatic N) is 2. The second-order valence-corrected chi connectivity index (χ2v) is 5.55. The van der Waals surface area contributed by atoms with Gasteiger partial charge in [-0.05, 0) is 49.6 Å². The van der Waals surface area contributed by atoms with Crippen molar-refractivity contribution in [1.29, 1.82) is 0 Å². The lowest BCUT2D eigenvalue weighted by molar-refractivity contribution is 0.174. The highest BCUT2D eigenvalue weighted by molar-refractivity contribution is 5.94. The number of rotatable bonds is 2. The van der Waals surface area contributed by atoms with Crippen LogP contribution in [0, 0.1) is 6.92 Å². The van der Waals surface area contributed by atoms with Crippen LogP contribution in [0.5, 0.6) is 11.5 Å². The van der Waals surface area contributed by atoms with Crippen molar-refractivity contribution in [3.05, 3.63) is 52.6 Å². The third kappa shape index (κ3) is 2.16. The molecule has 0 N–H and O–H groups in total. The lowest BCUT2D eigenvalue weighted by Gasteiger charge is -2.10. The molecule has 5 nitrogen and oxygen atoms in total. The highest BCUT2D eigenvalue weighted by Gasteiger charge is 2.17. The van der Waals surface area contributed by atoms with E-state index in [1.54, 1.807) is 4.57 Å². The molecule has 0 atom stereocenters. The fourth-order valence-corrected chi connectivity index (χ4v) is 2.94. The molecule has 116 valence electrons. The summed E-state index contributed by atoms with van der Waals surface area (Å²) in [5.74, 6) is 1.40. The van der Waals surface area contributed by atoms with Gasteiger partial charge < -0.3 is 14.0 Å². The molecule has 0 amide bonds. The molecule has 0 unspecified atom stereocenters. The Hall–Kier alpha value is -2.82. The van der Waals surface area contributed by atoms with Crippen molar-refractivity contribution in [2.45, 2.75) is 20.4 Å². The van der Waals surface area contributed by atoms with Gasteiger partial charge in [-0.3, -0.25) is 9.78 Å². The predicted octanol–water partition coefficient (Wildman–Crippen LogP) is 3.12. The normalized spacial score (nSPS) is 12.8. The number of aryl methyl sites for hydroxylation is 2. The smallest absolute Gasteiger partial charge is 0.260 e. The molecule has 0 bridgehead atoms. The first-order valence-corrected chi connectivity index (χ1v) is 7.58. The number of benzene rings is 1. The largest absolute Gasteiger partial charge is 0.454 e. The molecule has 3 aromatic rings. The van der Waals surface area contributed by atoms with E-state index in [1.807, 2.05) is 50.4 Å². The average molecular weight is 308 g/mol. The predicted molar refractivity (Wildman–Crippen MR) is 88.0 cm³/mol. The zero-order valence-electron chi connectivity index (χ0n) is 13.0. The second-order valence-electron chi connectivity index (χ2n) is 5.55. The minimum absolute atomic E-state index is 0.0230. The van der Waals surface area contributed by atoms with Crippen LogP contribution in [0.1, 0.15) is 12.6 Å². The Kier molecular flexibility index (Phi) is 3.08. The van der Waals surface area contributed by atoms with Crippen LogP contribution in [-0.4, -0.2) is 16.3 Å². The standard InChI is InChI=1S/C18H16N2O3/c1-3-20-7-6-12-8-11(2)19-17(16(12)18(20)21)13-4-5-14-15(9-13)23-10-22-14/h4-9H,3,10H2,1-2H3. The van der Waals surface area contributed by atoms with Gasteiger partial charge in [-0.1, -0.05) is 0 Å². The first-order chi connectivity index (χ1) is 11.2. The van der Waals surface area contributed by atoms with Gasteiger partial charge in [-0.2, -0.15) is 0 Å². The molecular formula is C18H16N2O3. The van der Waals surface area contributed by atoms with Gasteiger partial charge in [0.15, 0.2) is 11.5 Å². The molecule has 1 aromatic carbocycles. The van der Waals surface area contributed by atoms with E-state index in [4.69, 9.17) is 9.47 Å². The van der Waals surface area contributed by atoms with Crippen LogP contribution in [0.2, 0.25) is 0 Å². The third-order valence-electron chi connectivity index (χ3n) is 4.07. The Morgan fingerprint density at radius 1 is 1.17 bits per heavy atom. The average Bonchev–Trinajstić information content (AvgIpc) is 3.02. The summed E-state index contributed by atoms with van der Waals surface area (Å²) in [6.45, 7) is 4.74. The van der Waals surface area contributed by atoms with Crippen LogP contribution in [-0.2, 0) is 6.54 Å². The van der Waals surface area contributed by atoms with Crippen LogP contribution in [0.25, 0.3) is 22.0 Å². The molecule has 23 heavy (non-hydrogen) atoms. The fraction of sp³-hybridized carbons (Fsp3) is 0.222. The molecule has 1 aliphatic heterocycles. The molecule has 0 aliphatic carbocycles. The summed E-state index contributed by atoms with van der Waals surface area (Å²) in [6.07, 6.45) is 1.83. The van der Waals surface area contributed by atoms with E-state index in [0.717, 1.165) is 22.4 Å². The van der Waals surface area contributed by atoms with Crippen molar-refractivity contribution < 1.29 is 9.47 Å². The Labute approximate surface area is 133 Å². The quantitative estimate of drug-likeness (QED) is 0.730. The van der Waals surface area contributed by atoms with Crippen LogP contribution in [0.15, 0.2) is 41.3 Å². The first kappa shape index (κ1) is 13.8. The minimum atomic E-state index is -0.0230. The second kappa shape index (κ2) is 5.12. The number of aromatic nitrogens is 2. The van der Waals surface area contributed by atoms with Crippen LogP contribution in [0.3, 0.4) is 0 Å². The monoisotopic (exact) mass is 308 g/mol. The highest BCUT2D eigenvalue weighted by atomic mass is 16.7. The van der Waals surface area contributed by atoms with E-state index in [0.29, 0.717) is 23.4 Å². The number of ether oxygens (including phenoxy) is 2. The van der Waals surface area contributed by atoms with E-state index in [2.05, 4.69) is 4.98 Å². The molecular weight excluding hydrogens is 292 g/mol. The summed E-state index contributed by atoms with van der Waals surface area (Å²) in [5.41, 5.74) is 2.39. The zero-order valence-corrected chi connectivity index (χ0v) is 13.0. The highest BCUT2D eigenvalue weighted by Crippen LogP contribution is 2.36. The number of pyridine rings is 2. The maximum atomic E-state index is 12.8. The molecule has 0 saturated carbocycles. The van der Waals surface area contributed by atoms with Crippen molar-refractivity contribution in [3.63, 3.8) is 0 Å². The molecule has 5 heteroatoms. The van der Waals surface area contributed by atoms with Crippen molar-refractivity contribution in [2.24, 2.45) is 0 Å². The van der Waals surface area contributed by atoms with E-state index in [9.17, 15) is 4.79 Å². The summed E-state index contributed by atoms with van der Waals surface area (Å²) in [4.78, 5) is 17.4. The van der Waals surface area contributed by atoms with Gasteiger partial charge >= 0.3 is 0 Å². The van der Waals surface area contributed by atoms with Gasteiger partial charge in [0.2, 0.25) is 6.79 Å². The van der Waals surface area contributed by atoms with Gasteiger partial charge in [0, 0.05) is 24.0 Å². The summed E-state index contributed by atoms with van der Waals surface area (Å²) in [6, 6.07) is 9.55. The molecule has 2 aromatic heterocycles. The fourth-order valence-electron chi connectivity index (χ4n) is 2.94. The van der Waals surface area contributed by atoms with Crippen molar-refractivity contribution >= 4 is 10.8 Å². The lowest BCUT2D eigenvalue weighted by atomic mass is 10.0. The molecule has 0 saturated heterocycles. The number of fused-ring (bicyclic) bond motifs is 2. The SMILES string of the molecule is CCn1ccc2cc(C)nc(-c3ccc4c(c3)OCO4)c2c1=O. The summed E-state index contributed by atoms with van der Waals surface area (Å²) in [5, 5.41) is 1.54. The van der Waals surface area contributed by atoms with Crippen molar-refractivity contribution in [3.8, 4) is 22.8 Å². The molecule has 0 fully saturated rings. The number of hydrogen-bond acceptors (Lipinski definition) is 4. The molecule has 0 spiro atoms. The first-order valence-electron chi connectivity index (χ1n) is 7.58. The Morgan fingerprint density at radius 2 is 2.00 bits per heavy atom. The Bertz CT molecular complexity index is 976. The Morgan fingerprint density at radius 3 is 2.83 bits per heavy atom. The molecule has 0 radical (unpaired) electrons. The van der Waals surface area contributed by atoms with E-state index in [1.165, 1.54) is 0 Å². The van der Waals surface area contributed by atoms with Gasteiger partial charge in [-0.25, -0.2) is 0 Å². The Balaban J connectivity index is 2.04. The van der Waals surface area contributed by atoms with Gasteiger partial charge in [0.05, 0.1) is 11.1 Å². The third-order valence-corrected chi connectivity index (χ3v) is 4.07. The van der Waals surface area contributed by atoms with Crippen LogP contribution in [0.4, 0.5) is 0 Å². The maximum absolute atomic E-state index is 12.8. The van der Waals surface area contributed by atoms with E-state index >= 15 is 0 Å². The van der Waals surface area contributed by atoms with Crippen LogP contribution < -0.4 is 15.0 Å². The topological polar surface area (TPSA) is 53.4 Å². The van der Waals surface area contributed by atoms with Crippen molar-refractivity contribution in [2.75, 3.05) is 6.79 Å². The molecule has 4 rings (SSSR count). The molecule has 1 aliphatic rings. The van der Waals surface area contributed by atoms with Crippen LogP contribution >= 0.6 is 0 Å². The van der Waals surface area contributed by atoms with E-state index < -0.39 is 0 Å². The van der Waals surface area contributed by atoms with Gasteiger partial charge in [0.25, 0.3) is 5.56 Å². The van der Waals surface area contributed by atoms with Gasteiger partial charge in [0.1, 0.15) is 0 Å². The van der Waals surface area contributed by atoms with Crippen molar-refractivity contribution in [1.82, 2.24) is 9.55 Å².